The first-order chi connectivity index (χ1) is 16.7. The molecule has 0 amide bonds. The van der Waals surface area contributed by atoms with Gasteiger partial charge in [0.2, 0.25) is 17.8 Å². The zero-order valence-corrected chi connectivity index (χ0v) is 18.7. The summed E-state index contributed by atoms with van der Waals surface area (Å²) in [7, 11) is 1.62. The number of ether oxygens (including phenoxy) is 1. The zero-order chi connectivity index (χ0) is 23.3. The molecule has 174 valence electrons. The van der Waals surface area contributed by atoms with Gasteiger partial charge in [0.25, 0.3) is 0 Å². The molecule has 3 heterocycles. The van der Waals surface area contributed by atoms with E-state index in [1.54, 1.807) is 11.8 Å². The van der Waals surface area contributed by atoms with Crippen LogP contribution >= 0.6 is 0 Å². The van der Waals surface area contributed by atoms with E-state index in [1.165, 1.54) is 0 Å². The molecular weight excluding hydrogens is 434 g/mol. The Morgan fingerprint density at radius 2 is 1.71 bits per heavy atom. The summed E-state index contributed by atoms with van der Waals surface area (Å²) in [5.41, 5.74) is 7.65. The van der Waals surface area contributed by atoms with Crippen LogP contribution in [0.4, 0.5) is 23.5 Å². The third kappa shape index (κ3) is 4.71. The van der Waals surface area contributed by atoms with Crippen molar-refractivity contribution in [2.75, 3.05) is 49.2 Å². The van der Waals surface area contributed by atoms with E-state index in [2.05, 4.69) is 45.6 Å². The summed E-state index contributed by atoms with van der Waals surface area (Å²) in [6.07, 6.45) is 0. The number of hydrogen-bond donors (Lipinski definition) is 2. The number of nitrogens with one attached hydrogen (secondary N) is 1. The molecule has 0 radical (unpaired) electrons. The van der Waals surface area contributed by atoms with E-state index in [0.717, 1.165) is 43.5 Å². The molecule has 34 heavy (non-hydrogen) atoms. The third-order valence-electron chi connectivity index (χ3n) is 5.53. The topological polar surface area (TPSA) is 136 Å². The molecule has 3 N–H and O–H groups in total. The quantitative estimate of drug-likeness (QED) is 0.416. The number of anilines is 4. The van der Waals surface area contributed by atoms with E-state index in [9.17, 15) is 0 Å². The average molecular weight is 460 g/mol. The lowest BCUT2D eigenvalue weighted by atomic mass is 10.3. The van der Waals surface area contributed by atoms with Crippen LogP contribution in [0.1, 0.15) is 5.82 Å². The number of methoxy groups -OCH3 is 1. The molecule has 1 aliphatic rings. The van der Waals surface area contributed by atoms with Gasteiger partial charge in [0.15, 0.2) is 0 Å². The molecule has 1 saturated heterocycles. The smallest absolute Gasteiger partial charge is 0.250 e. The monoisotopic (exact) mass is 459 g/mol. The number of nitrogens with zero attached hydrogens (tertiary/aromatic N) is 9. The van der Waals surface area contributed by atoms with Crippen LogP contribution in [0, 0.1) is 0 Å². The fourth-order valence-corrected chi connectivity index (χ4v) is 3.85. The molecule has 0 saturated carbocycles. The number of para-hydroxylation sites is 3. The lowest BCUT2D eigenvalue weighted by Crippen LogP contribution is -2.47. The Balaban J connectivity index is 1.24. The summed E-state index contributed by atoms with van der Waals surface area (Å²) in [6.45, 7) is 3.73. The van der Waals surface area contributed by atoms with Gasteiger partial charge in [-0.3, -0.25) is 4.90 Å². The molecule has 5 rings (SSSR count). The van der Waals surface area contributed by atoms with Crippen LogP contribution in [0.2, 0.25) is 0 Å². The molecule has 12 heteroatoms. The third-order valence-corrected chi connectivity index (χ3v) is 5.53. The SMILES string of the molecule is COc1ccccc1Nc1nc(N)nc(CN2CCN(c3nnnn3-c3ccccc3)CC2)n1. The van der Waals surface area contributed by atoms with Crippen LogP contribution in [0.15, 0.2) is 54.6 Å². The molecule has 0 unspecified atom stereocenters. The van der Waals surface area contributed by atoms with E-state index >= 15 is 0 Å². The number of hydrogen-bond acceptors (Lipinski definition) is 11. The van der Waals surface area contributed by atoms with Crippen LogP contribution in [0.3, 0.4) is 0 Å². The summed E-state index contributed by atoms with van der Waals surface area (Å²) in [6, 6.07) is 17.4. The minimum atomic E-state index is 0.170. The number of benzene rings is 2. The van der Waals surface area contributed by atoms with Crippen molar-refractivity contribution in [2.24, 2.45) is 0 Å². The van der Waals surface area contributed by atoms with Crippen LogP contribution in [0.5, 0.6) is 5.75 Å². The van der Waals surface area contributed by atoms with E-state index in [0.29, 0.717) is 24.1 Å². The summed E-state index contributed by atoms with van der Waals surface area (Å²) in [4.78, 5) is 17.6. The predicted molar refractivity (Wildman–Crippen MR) is 127 cm³/mol. The highest BCUT2D eigenvalue weighted by Gasteiger charge is 2.23. The first-order valence-electron chi connectivity index (χ1n) is 10.9. The normalized spacial score (nSPS) is 14.2. The fourth-order valence-electron chi connectivity index (χ4n) is 3.85. The maximum absolute atomic E-state index is 5.96. The van der Waals surface area contributed by atoms with Gasteiger partial charge < -0.3 is 20.7 Å². The second-order valence-corrected chi connectivity index (χ2v) is 7.75. The number of nitrogen functional groups attached to an aromatic ring is 1. The molecule has 2 aromatic heterocycles. The Bertz CT molecular complexity index is 1240. The Labute approximate surface area is 196 Å². The Morgan fingerprint density at radius 1 is 0.941 bits per heavy atom. The molecule has 1 aliphatic heterocycles. The molecule has 4 aromatic rings. The first kappa shape index (κ1) is 21.5. The van der Waals surface area contributed by atoms with Crippen LogP contribution in [-0.4, -0.2) is 73.3 Å². The minimum Gasteiger partial charge on any atom is -0.495 e. The number of tetrazole rings is 1. The van der Waals surface area contributed by atoms with E-state index < -0.39 is 0 Å². The molecule has 0 bridgehead atoms. The molecular formula is C22H25N11O. The number of nitrogens with two attached hydrogens (primary N) is 1. The first-order valence-corrected chi connectivity index (χ1v) is 10.9. The lowest BCUT2D eigenvalue weighted by molar-refractivity contribution is 0.242. The van der Waals surface area contributed by atoms with Gasteiger partial charge in [-0.05, 0) is 34.7 Å². The van der Waals surface area contributed by atoms with E-state index in [-0.39, 0.29) is 5.95 Å². The molecule has 0 spiro atoms. The summed E-state index contributed by atoms with van der Waals surface area (Å²) in [5, 5.41) is 15.4. The van der Waals surface area contributed by atoms with Crippen LogP contribution < -0.4 is 20.7 Å². The maximum Gasteiger partial charge on any atom is 0.250 e. The minimum absolute atomic E-state index is 0.170. The number of rotatable bonds is 7. The highest BCUT2D eigenvalue weighted by molar-refractivity contribution is 5.62. The molecule has 1 fully saturated rings. The highest BCUT2D eigenvalue weighted by atomic mass is 16.5. The van der Waals surface area contributed by atoms with Crippen molar-refractivity contribution in [1.29, 1.82) is 0 Å². The van der Waals surface area contributed by atoms with Crippen molar-refractivity contribution in [2.45, 2.75) is 6.54 Å². The summed E-state index contributed by atoms with van der Waals surface area (Å²) in [5.74, 6) is 2.58. The van der Waals surface area contributed by atoms with Gasteiger partial charge in [0.05, 0.1) is 25.0 Å². The molecule has 12 nitrogen and oxygen atoms in total. The number of piperazine rings is 1. The van der Waals surface area contributed by atoms with Gasteiger partial charge in [-0.25, -0.2) is 0 Å². The fraction of sp³-hybridized carbons (Fsp3) is 0.273. The van der Waals surface area contributed by atoms with Crippen LogP contribution in [0.25, 0.3) is 5.69 Å². The highest BCUT2D eigenvalue weighted by Crippen LogP contribution is 2.26. The van der Waals surface area contributed by atoms with Crippen molar-refractivity contribution in [3.8, 4) is 11.4 Å². The van der Waals surface area contributed by atoms with Gasteiger partial charge >= 0.3 is 0 Å². The second-order valence-electron chi connectivity index (χ2n) is 7.75. The maximum atomic E-state index is 5.96. The van der Waals surface area contributed by atoms with E-state index in [1.807, 2.05) is 54.6 Å². The van der Waals surface area contributed by atoms with E-state index in [4.69, 9.17) is 10.5 Å². The Hall–Kier alpha value is -4.32. The Kier molecular flexibility index (Phi) is 6.12. The second kappa shape index (κ2) is 9.67. The van der Waals surface area contributed by atoms with Gasteiger partial charge in [-0.2, -0.15) is 19.6 Å². The van der Waals surface area contributed by atoms with Crippen molar-refractivity contribution in [3.05, 3.63) is 60.4 Å². The predicted octanol–water partition coefficient (Wildman–Crippen LogP) is 1.50. The Morgan fingerprint density at radius 3 is 2.50 bits per heavy atom. The van der Waals surface area contributed by atoms with Crippen LogP contribution in [-0.2, 0) is 6.54 Å². The molecule has 0 aliphatic carbocycles. The summed E-state index contributed by atoms with van der Waals surface area (Å²) >= 11 is 0. The largest absolute Gasteiger partial charge is 0.495 e. The van der Waals surface area contributed by atoms with Gasteiger partial charge in [0, 0.05) is 26.2 Å². The van der Waals surface area contributed by atoms with Crippen molar-refractivity contribution >= 4 is 23.5 Å². The van der Waals surface area contributed by atoms with Gasteiger partial charge in [-0.15, -0.1) is 0 Å². The van der Waals surface area contributed by atoms with Gasteiger partial charge in [-0.1, -0.05) is 35.4 Å². The van der Waals surface area contributed by atoms with Crippen molar-refractivity contribution in [1.82, 2.24) is 40.1 Å². The summed E-state index contributed by atoms with van der Waals surface area (Å²) < 4.78 is 7.15. The zero-order valence-electron chi connectivity index (χ0n) is 18.7. The van der Waals surface area contributed by atoms with Crippen molar-refractivity contribution < 1.29 is 4.74 Å². The molecule has 0 atom stereocenters. The molecule has 2 aromatic carbocycles. The van der Waals surface area contributed by atoms with Crippen molar-refractivity contribution in [3.63, 3.8) is 0 Å². The lowest BCUT2D eigenvalue weighted by Gasteiger charge is -2.34. The number of aromatic nitrogens is 7. The average Bonchev–Trinajstić information content (AvgIpc) is 3.35. The standard InChI is InChI=1S/C22H25N11O/c1-34-18-10-6-5-9-17(18)24-21-26-19(25-20(23)27-21)15-31-11-13-32(14-12-31)22-28-29-30-33(22)16-7-3-2-4-8-16/h2-10H,11-15H2,1H3,(H3,23,24,25,26,27). The van der Waals surface area contributed by atoms with Gasteiger partial charge in [0.1, 0.15) is 11.6 Å².